The van der Waals surface area contributed by atoms with E-state index in [1.807, 2.05) is 49.4 Å². The third-order valence-corrected chi connectivity index (χ3v) is 4.75. The summed E-state index contributed by atoms with van der Waals surface area (Å²) in [7, 11) is 3.44. The number of pyridine rings is 1. The fraction of sp³-hybridized carbons (Fsp3) is 0.250. The molecule has 0 saturated carbocycles. The first-order valence-corrected chi connectivity index (χ1v) is 10.3. The van der Waals surface area contributed by atoms with Crippen molar-refractivity contribution < 1.29 is 9.53 Å². The lowest BCUT2D eigenvalue weighted by Gasteiger charge is -2.15. The Balaban J connectivity index is 1.77. The van der Waals surface area contributed by atoms with E-state index in [0.717, 1.165) is 23.0 Å². The summed E-state index contributed by atoms with van der Waals surface area (Å²) < 4.78 is 5.06. The van der Waals surface area contributed by atoms with Crippen molar-refractivity contribution in [3.05, 3.63) is 66.6 Å². The molecule has 0 spiro atoms. The van der Waals surface area contributed by atoms with Crippen LogP contribution in [0, 0.1) is 0 Å². The molecule has 0 unspecified atom stereocenters. The maximum absolute atomic E-state index is 12.7. The van der Waals surface area contributed by atoms with Crippen LogP contribution >= 0.6 is 0 Å². The Morgan fingerprint density at radius 3 is 2.88 bits per heavy atom. The van der Waals surface area contributed by atoms with Crippen LogP contribution in [0.25, 0.3) is 16.6 Å². The van der Waals surface area contributed by atoms with E-state index in [9.17, 15) is 4.79 Å². The summed E-state index contributed by atoms with van der Waals surface area (Å²) in [5.74, 6) is 0.337. The molecule has 8 nitrogen and oxygen atoms in total. The van der Waals surface area contributed by atoms with Crippen molar-refractivity contribution in [2.45, 2.75) is 13.3 Å². The van der Waals surface area contributed by atoms with Gasteiger partial charge in [0.05, 0.1) is 11.4 Å². The third kappa shape index (κ3) is 5.89. The highest BCUT2D eigenvalue weighted by Gasteiger charge is 2.14. The predicted molar refractivity (Wildman–Crippen MR) is 130 cm³/mol. The molecule has 1 aromatic carbocycles. The van der Waals surface area contributed by atoms with E-state index in [2.05, 4.69) is 31.8 Å². The molecule has 0 fully saturated rings. The zero-order valence-corrected chi connectivity index (χ0v) is 18.6. The first-order chi connectivity index (χ1) is 15.5. The van der Waals surface area contributed by atoms with E-state index in [1.54, 1.807) is 31.5 Å². The van der Waals surface area contributed by atoms with E-state index in [-0.39, 0.29) is 5.91 Å². The van der Waals surface area contributed by atoms with Gasteiger partial charge >= 0.3 is 0 Å². The molecular weight excluding hydrogens is 404 g/mol. The van der Waals surface area contributed by atoms with Crippen LogP contribution < -0.4 is 5.32 Å². The van der Waals surface area contributed by atoms with Crippen molar-refractivity contribution in [2.24, 2.45) is 9.98 Å². The van der Waals surface area contributed by atoms with Gasteiger partial charge in [-0.25, -0.2) is 9.98 Å². The van der Waals surface area contributed by atoms with Crippen LogP contribution in [0.4, 0.5) is 5.69 Å². The molecule has 0 saturated heterocycles. The maximum Gasteiger partial charge on any atom is 0.270 e. The Labute approximate surface area is 187 Å². The van der Waals surface area contributed by atoms with Gasteiger partial charge in [-0.1, -0.05) is 12.6 Å². The second-order valence-electron chi connectivity index (χ2n) is 7.17. The van der Waals surface area contributed by atoms with Crippen LogP contribution in [0.3, 0.4) is 0 Å². The fourth-order valence-corrected chi connectivity index (χ4v) is 3.14. The number of hydrogen-bond acceptors (Lipinski definition) is 4. The summed E-state index contributed by atoms with van der Waals surface area (Å²) in [6.45, 7) is 7.05. The summed E-state index contributed by atoms with van der Waals surface area (Å²) in [6.07, 6.45) is 4.14. The number of anilines is 1. The van der Waals surface area contributed by atoms with Gasteiger partial charge in [-0.2, -0.15) is 0 Å². The van der Waals surface area contributed by atoms with Gasteiger partial charge in [0.15, 0.2) is 0 Å². The van der Waals surface area contributed by atoms with E-state index < -0.39 is 0 Å². The molecule has 2 heterocycles. The molecule has 0 aliphatic carbocycles. The molecule has 0 bridgehead atoms. The maximum atomic E-state index is 12.7. The molecule has 3 rings (SSSR count). The van der Waals surface area contributed by atoms with Gasteiger partial charge in [0, 0.05) is 56.3 Å². The van der Waals surface area contributed by atoms with Crippen LogP contribution in [0.2, 0.25) is 0 Å². The minimum absolute atomic E-state index is 0.0590. The predicted octanol–water partition coefficient (Wildman–Crippen LogP) is 4.20. The van der Waals surface area contributed by atoms with Gasteiger partial charge in [-0.3, -0.25) is 9.78 Å². The molecule has 0 aliphatic heterocycles. The number of nitrogens with zero attached hydrogens (tertiary/aromatic N) is 4. The van der Waals surface area contributed by atoms with Gasteiger partial charge < -0.3 is 19.9 Å². The Morgan fingerprint density at radius 1 is 1.31 bits per heavy atom. The van der Waals surface area contributed by atoms with Crippen LogP contribution in [-0.4, -0.2) is 60.3 Å². The van der Waals surface area contributed by atoms with Crippen LogP contribution in [-0.2, 0) is 4.74 Å². The molecule has 32 heavy (non-hydrogen) atoms. The summed E-state index contributed by atoms with van der Waals surface area (Å²) >= 11 is 0. The smallest absolute Gasteiger partial charge is 0.270 e. The number of aliphatic imine (C=N–C) groups is 2. The van der Waals surface area contributed by atoms with Gasteiger partial charge in [-0.15, -0.1) is 0 Å². The molecule has 0 aliphatic rings. The van der Waals surface area contributed by atoms with Gasteiger partial charge in [0.1, 0.15) is 5.69 Å². The molecule has 2 N–H and O–H groups in total. The zero-order chi connectivity index (χ0) is 22.9. The number of ether oxygens (including phenoxy) is 1. The summed E-state index contributed by atoms with van der Waals surface area (Å²) in [5.41, 5.74) is 3.39. The number of aromatic amines is 1. The lowest BCUT2D eigenvalue weighted by Crippen LogP contribution is -2.28. The highest BCUT2D eigenvalue weighted by molar-refractivity contribution is 6.03. The molecule has 3 aromatic rings. The average molecular weight is 433 g/mol. The second kappa shape index (κ2) is 11.0. The van der Waals surface area contributed by atoms with Crippen molar-refractivity contribution >= 4 is 40.4 Å². The normalized spacial score (nSPS) is 11.8. The van der Waals surface area contributed by atoms with Crippen LogP contribution in [0.5, 0.6) is 0 Å². The molecular formula is C24H28N6O2. The van der Waals surface area contributed by atoms with Crippen molar-refractivity contribution in [2.75, 3.05) is 32.6 Å². The number of nitrogens with one attached hydrogen (secondary N) is 2. The number of hydrogen-bond donors (Lipinski definition) is 2. The number of H-pyrrole nitrogens is 1. The Morgan fingerprint density at radius 2 is 2.16 bits per heavy atom. The van der Waals surface area contributed by atoms with Crippen LogP contribution in [0.1, 0.15) is 29.5 Å². The zero-order valence-electron chi connectivity index (χ0n) is 18.6. The number of aromatic nitrogens is 2. The van der Waals surface area contributed by atoms with E-state index in [0.29, 0.717) is 36.2 Å². The number of rotatable bonds is 8. The van der Waals surface area contributed by atoms with Crippen molar-refractivity contribution in [3.63, 3.8) is 0 Å². The standard InChI is InChI=1S/C24H28N6O2/c1-5-25-24(27-17(2)20-9-6-7-12-26-20)28-19-10-11-21-18(15-19)16-22(29-21)23(31)30(3)13-8-14-32-4/h5-7,9-12,15-16,29H,2,8,13-14H2,1,3-4H3,(H,27,28). The van der Waals surface area contributed by atoms with Crippen molar-refractivity contribution in [3.8, 4) is 0 Å². The topological polar surface area (TPSA) is 95.0 Å². The van der Waals surface area contributed by atoms with E-state index >= 15 is 0 Å². The molecule has 0 radical (unpaired) electrons. The second-order valence-corrected chi connectivity index (χ2v) is 7.17. The molecule has 1 amide bonds. The fourth-order valence-electron chi connectivity index (χ4n) is 3.14. The molecule has 0 atom stereocenters. The molecule has 8 heteroatoms. The number of methoxy groups -OCH3 is 1. The van der Waals surface area contributed by atoms with Gasteiger partial charge in [0.2, 0.25) is 5.96 Å². The number of benzene rings is 1. The van der Waals surface area contributed by atoms with Crippen molar-refractivity contribution in [1.82, 2.24) is 14.9 Å². The van der Waals surface area contributed by atoms with E-state index in [4.69, 9.17) is 4.74 Å². The average Bonchev–Trinajstić information content (AvgIpc) is 3.22. The third-order valence-electron chi connectivity index (χ3n) is 4.75. The quantitative estimate of drug-likeness (QED) is 0.317. The largest absolute Gasteiger partial charge is 0.385 e. The Kier molecular flexibility index (Phi) is 7.88. The van der Waals surface area contributed by atoms with Gasteiger partial charge in [0.25, 0.3) is 5.91 Å². The minimum Gasteiger partial charge on any atom is -0.385 e. The highest BCUT2D eigenvalue weighted by Crippen LogP contribution is 2.21. The van der Waals surface area contributed by atoms with Crippen molar-refractivity contribution in [1.29, 1.82) is 0 Å². The number of fused-ring (bicyclic) bond motifs is 1. The Hall–Kier alpha value is -3.78. The first-order valence-electron chi connectivity index (χ1n) is 10.3. The lowest BCUT2D eigenvalue weighted by atomic mass is 10.2. The number of carbonyl (C=O) groups is 1. The SMILES string of the molecule is C=C(N=C(N=CC)Nc1ccc2[nH]c(C(=O)N(C)CCCOC)cc2c1)c1ccccn1. The highest BCUT2D eigenvalue weighted by atomic mass is 16.5. The summed E-state index contributed by atoms with van der Waals surface area (Å²) in [4.78, 5) is 30.6. The number of carbonyl (C=O) groups excluding carboxylic acids is 1. The lowest BCUT2D eigenvalue weighted by molar-refractivity contribution is 0.0774. The Bertz CT molecular complexity index is 1130. The number of amides is 1. The molecule has 166 valence electrons. The summed E-state index contributed by atoms with van der Waals surface area (Å²) in [6, 6.07) is 13.2. The van der Waals surface area contributed by atoms with Gasteiger partial charge in [-0.05, 0) is 49.7 Å². The summed E-state index contributed by atoms with van der Waals surface area (Å²) in [5, 5.41) is 4.12. The number of guanidine groups is 1. The van der Waals surface area contributed by atoms with Crippen LogP contribution in [0.15, 0.2) is 65.2 Å². The van der Waals surface area contributed by atoms with E-state index in [1.165, 1.54) is 0 Å². The monoisotopic (exact) mass is 432 g/mol. The minimum atomic E-state index is -0.0590. The first kappa shape index (κ1) is 22.9. The molecule has 2 aromatic heterocycles.